The third kappa shape index (κ3) is 3.06. The number of aryl methyl sites for hydroxylation is 1. The third-order valence-corrected chi connectivity index (χ3v) is 4.80. The molecule has 0 spiro atoms. The van der Waals surface area contributed by atoms with E-state index in [-0.39, 0.29) is 18.4 Å². The average molecular weight is 356 g/mol. The first-order valence-electron chi connectivity index (χ1n) is 7.54. The molecule has 2 heterocycles. The van der Waals surface area contributed by atoms with Gasteiger partial charge in [-0.2, -0.15) is 0 Å². The van der Waals surface area contributed by atoms with E-state index in [9.17, 15) is 9.18 Å². The number of nitrogens with zero attached hydrogens (tertiary/aromatic N) is 1. The van der Waals surface area contributed by atoms with Gasteiger partial charge in [0.05, 0.1) is 10.6 Å². The minimum atomic E-state index is -0.306. The van der Waals surface area contributed by atoms with E-state index in [1.54, 1.807) is 37.3 Å². The Hall–Kier alpha value is -2.93. The Balaban J connectivity index is 1.59. The van der Waals surface area contributed by atoms with Crippen LogP contribution in [-0.2, 0) is 0 Å². The van der Waals surface area contributed by atoms with E-state index in [1.165, 1.54) is 23.5 Å². The molecular weight excluding hydrogens is 343 g/mol. The molecule has 0 saturated heterocycles. The van der Waals surface area contributed by atoms with Gasteiger partial charge < -0.3 is 14.8 Å². The number of ether oxygens (including phenoxy) is 2. The van der Waals surface area contributed by atoms with Crippen LogP contribution in [0, 0.1) is 12.7 Å². The fourth-order valence-corrected chi connectivity index (χ4v) is 3.43. The number of aromatic nitrogens is 1. The molecule has 1 aliphatic heterocycles. The number of rotatable bonds is 4. The molecule has 0 radical (unpaired) electrons. The molecule has 0 bridgehead atoms. The first kappa shape index (κ1) is 15.6. The molecule has 0 fully saturated rings. The molecule has 0 saturated carbocycles. The second kappa shape index (κ2) is 6.18. The number of fused-ring (bicyclic) bond motifs is 1. The first-order valence-corrected chi connectivity index (χ1v) is 8.36. The maximum Gasteiger partial charge on any atom is 0.231 e. The lowest BCUT2D eigenvalue weighted by molar-refractivity contribution is 0.104. The van der Waals surface area contributed by atoms with Crippen molar-refractivity contribution in [3.05, 3.63) is 64.4 Å². The highest BCUT2D eigenvalue weighted by atomic mass is 32.1. The smallest absolute Gasteiger partial charge is 0.231 e. The van der Waals surface area contributed by atoms with Gasteiger partial charge in [0, 0.05) is 11.3 Å². The molecule has 0 atom stereocenters. The number of anilines is 2. The lowest BCUT2D eigenvalue weighted by Crippen LogP contribution is -2.00. The number of ketones is 1. The van der Waals surface area contributed by atoms with Gasteiger partial charge in [0.15, 0.2) is 16.6 Å². The summed E-state index contributed by atoms with van der Waals surface area (Å²) in [7, 11) is 0. The summed E-state index contributed by atoms with van der Waals surface area (Å²) < 4.78 is 23.6. The fraction of sp³-hybridized carbons (Fsp3) is 0.111. The predicted octanol–water partition coefficient (Wildman–Crippen LogP) is 4.29. The summed E-state index contributed by atoms with van der Waals surface area (Å²) in [4.78, 5) is 17.7. The molecule has 0 aliphatic carbocycles. The van der Waals surface area contributed by atoms with Crippen LogP contribution in [0.4, 0.5) is 15.2 Å². The number of halogens is 1. The summed E-state index contributed by atoms with van der Waals surface area (Å²) in [6, 6.07) is 11.1. The molecule has 3 aromatic rings. The second-order valence-electron chi connectivity index (χ2n) is 5.46. The molecule has 7 heteroatoms. The molecule has 4 rings (SSSR count). The van der Waals surface area contributed by atoms with Crippen molar-refractivity contribution in [3.63, 3.8) is 0 Å². The molecule has 1 aliphatic rings. The van der Waals surface area contributed by atoms with Crippen molar-refractivity contribution in [2.45, 2.75) is 6.92 Å². The van der Waals surface area contributed by atoms with E-state index in [4.69, 9.17) is 9.47 Å². The zero-order chi connectivity index (χ0) is 17.4. The number of nitrogens with one attached hydrogen (secondary N) is 1. The van der Waals surface area contributed by atoms with Crippen LogP contribution in [0.15, 0.2) is 42.5 Å². The highest BCUT2D eigenvalue weighted by Gasteiger charge is 2.21. The third-order valence-electron chi connectivity index (χ3n) is 3.73. The molecular formula is C18H13FN2O3S. The van der Waals surface area contributed by atoms with E-state index in [0.717, 1.165) is 0 Å². The van der Waals surface area contributed by atoms with Gasteiger partial charge in [-0.05, 0) is 49.4 Å². The fourth-order valence-electron chi connectivity index (χ4n) is 2.49. The van der Waals surface area contributed by atoms with E-state index in [1.807, 2.05) is 0 Å². The van der Waals surface area contributed by atoms with E-state index >= 15 is 0 Å². The van der Waals surface area contributed by atoms with Crippen molar-refractivity contribution in [2.24, 2.45) is 0 Å². The van der Waals surface area contributed by atoms with Crippen LogP contribution in [0.3, 0.4) is 0 Å². The minimum absolute atomic E-state index is 0.125. The van der Waals surface area contributed by atoms with Gasteiger partial charge in [-0.1, -0.05) is 11.3 Å². The van der Waals surface area contributed by atoms with Crippen molar-refractivity contribution < 1.29 is 18.7 Å². The predicted molar refractivity (Wildman–Crippen MR) is 92.5 cm³/mol. The number of hydrogen-bond acceptors (Lipinski definition) is 6. The summed E-state index contributed by atoms with van der Waals surface area (Å²) in [5.41, 5.74) is 1.86. The van der Waals surface area contributed by atoms with Gasteiger partial charge in [-0.25, -0.2) is 9.37 Å². The molecule has 5 nitrogen and oxygen atoms in total. The van der Waals surface area contributed by atoms with Crippen LogP contribution < -0.4 is 14.8 Å². The quantitative estimate of drug-likeness (QED) is 0.707. The Morgan fingerprint density at radius 2 is 1.92 bits per heavy atom. The zero-order valence-corrected chi connectivity index (χ0v) is 14.0. The molecule has 1 aromatic heterocycles. The number of carbonyl (C=O) groups is 1. The van der Waals surface area contributed by atoms with Crippen LogP contribution in [0.2, 0.25) is 0 Å². The lowest BCUT2D eigenvalue weighted by atomic mass is 10.1. The van der Waals surface area contributed by atoms with Crippen molar-refractivity contribution in [1.82, 2.24) is 4.98 Å². The van der Waals surface area contributed by atoms with Gasteiger partial charge in [-0.15, -0.1) is 0 Å². The van der Waals surface area contributed by atoms with Crippen LogP contribution in [0.25, 0.3) is 0 Å². The van der Waals surface area contributed by atoms with Gasteiger partial charge in [0.25, 0.3) is 0 Å². The first-order chi connectivity index (χ1) is 12.1. The van der Waals surface area contributed by atoms with Crippen molar-refractivity contribution in [1.29, 1.82) is 0 Å². The topological polar surface area (TPSA) is 60.5 Å². The highest BCUT2D eigenvalue weighted by molar-refractivity contribution is 7.17. The standard InChI is InChI=1S/C18H13FN2O3S/c1-10-17(16(22)11-2-7-14-15(8-11)24-9-23-14)25-18(20-10)21-13-5-3-12(19)4-6-13/h2-8H,9H2,1H3,(H,20,21). The number of thiazole rings is 1. The summed E-state index contributed by atoms with van der Waals surface area (Å²) in [6.07, 6.45) is 0. The lowest BCUT2D eigenvalue weighted by Gasteiger charge is -2.02. The van der Waals surface area contributed by atoms with Crippen LogP contribution in [0.1, 0.15) is 20.9 Å². The molecule has 0 amide bonds. The Morgan fingerprint density at radius 3 is 2.72 bits per heavy atom. The average Bonchev–Trinajstić information content (AvgIpc) is 3.22. The maximum absolute atomic E-state index is 13.0. The zero-order valence-electron chi connectivity index (χ0n) is 13.2. The van der Waals surface area contributed by atoms with Crippen molar-refractivity contribution in [2.75, 3.05) is 12.1 Å². The van der Waals surface area contributed by atoms with Gasteiger partial charge in [0.1, 0.15) is 5.82 Å². The normalized spacial score (nSPS) is 12.2. The number of benzene rings is 2. The van der Waals surface area contributed by atoms with Crippen LogP contribution in [0.5, 0.6) is 11.5 Å². The van der Waals surface area contributed by atoms with Gasteiger partial charge in [-0.3, -0.25) is 4.79 Å². The molecule has 126 valence electrons. The second-order valence-corrected chi connectivity index (χ2v) is 6.46. The number of carbonyl (C=O) groups excluding carboxylic acids is 1. The molecule has 0 unspecified atom stereocenters. The molecule has 2 aromatic carbocycles. The maximum atomic E-state index is 13.0. The summed E-state index contributed by atoms with van der Waals surface area (Å²) in [5, 5.41) is 3.66. The van der Waals surface area contributed by atoms with Crippen LogP contribution >= 0.6 is 11.3 Å². The monoisotopic (exact) mass is 356 g/mol. The molecule has 1 N–H and O–H groups in total. The van der Waals surface area contributed by atoms with Gasteiger partial charge >= 0.3 is 0 Å². The van der Waals surface area contributed by atoms with Crippen molar-refractivity contribution >= 4 is 27.9 Å². The van der Waals surface area contributed by atoms with Gasteiger partial charge in [0.2, 0.25) is 12.6 Å². The minimum Gasteiger partial charge on any atom is -0.454 e. The molecule has 25 heavy (non-hydrogen) atoms. The van der Waals surface area contributed by atoms with Crippen LogP contribution in [-0.4, -0.2) is 17.6 Å². The summed E-state index contributed by atoms with van der Waals surface area (Å²) in [6.45, 7) is 1.95. The largest absolute Gasteiger partial charge is 0.454 e. The van der Waals surface area contributed by atoms with E-state index in [0.29, 0.717) is 38.5 Å². The SMILES string of the molecule is Cc1nc(Nc2ccc(F)cc2)sc1C(=O)c1ccc2c(c1)OCO2. The van der Waals surface area contributed by atoms with Crippen molar-refractivity contribution in [3.8, 4) is 11.5 Å². The Labute approximate surface area is 147 Å². The highest BCUT2D eigenvalue weighted by Crippen LogP contribution is 2.34. The summed E-state index contributed by atoms with van der Waals surface area (Å²) in [5.74, 6) is 0.772. The summed E-state index contributed by atoms with van der Waals surface area (Å²) >= 11 is 1.26. The van der Waals surface area contributed by atoms with E-state index < -0.39 is 0 Å². The Bertz CT molecular complexity index is 953. The van der Waals surface area contributed by atoms with E-state index in [2.05, 4.69) is 10.3 Å². The number of hydrogen-bond donors (Lipinski definition) is 1. The Kier molecular flexibility index (Phi) is 3.85. The Morgan fingerprint density at radius 1 is 1.16 bits per heavy atom.